The average Bonchev–Trinajstić information content (AvgIpc) is 2.76. The number of morpholine rings is 1. The Morgan fingerprint density at radius 2 is 2.13 bits per heavy atom. The van der Waals surface area contributed by atoms with Gasteiger partial charge in [-0.25, -0.2) is 0 Å². The zero-order chi connectivity index (χ0) is 10.5. The van der Waals surface area contributed by atoms with Gasteiger partial charge in [0.2, 0.25) is 0 Å². The molecule has 0 aromatic carbocycles. The molecule has 84 valence electrons. The molecule has 0 spiro atoms. The fraction of sp³-hybridized carbons (Fsp3) is 0.636. The molecule has 0 bridgehead atoms. The van der Waals surface area contributed by atoms with E-state index in [0.717, 1.165) is 45.7 Å². The van der Waals surface area contributed by atoms with Crippen molar-refractivity contribution in [2.45, 2.75) is 12.8 Å². The minimum Gasteiger partial charge on any atom is -0.378 e. The molecule has 2 heterocycles. The first-order valence-electron chi connectivity index (χ1n) is 5.51. The number of rotatable bonds is 4. The SMILES string of the molecule is NCCCc1ccc(N2CCOCC2)s1. The number of hydrogen-bond acceptors (Lipinski definition) is 4. The van der Waals surface area contributed by atoms with Gasteiger partial charge < -0.3 is 15.4 Å². The van der Waals surface area contributed by atoms with Crippen LogP contribution in [0, 0.1) is 0 Å². The topological polar surface area (TPSA) is 38.5 Å². The van der Waals surface area contributed by atoms with Gasteiger partial charge in [0.15, 0.2) is 0 Å². The number of anilines is 1. The van der Waals surface area contributed by atoms with Crippen LogP contribution >= 0.6 is 11.3 Å². The van der Waals surface area contributed by atoms with Gasteiger partial charge in [0, 0.05) is 18.0 Å². The van der Waals surface area contributed by atoms with Crippen molar-refractivity contribution in [3.05, 3.63) is 17.0 Å². The first-order valence-corrected chi connectivity index (χ1v) is 6.33. The molecule has 15 heavy (non-hydrogen) atoms. The first kappa shape index (κ1) is 10.9. The third kappa shape index (κ3) is 2.93. The highest BCUT2D eigenvalue weighted by molar-refractivity contribution is 7.16. The molecule has 0 atom stereocenters. The molecule has 1 aromatic heterocycles. The molecule has 0 saturated carbocycles. The van der Waals surface area contributed by atoms with E-state index in [1.165, 1.54) is 9.88 Å². The molecule has 2 N–H and O–H groups in total. The van der Waals surface area contributed by atoms with E-state index in [2.05, 4.69) is 17.0 Å². The molecule has 0 unspecified atom stereocenters. The maximum atomic E-state index is 5.50. The van der Waals surface area contributed by atoms with Crippen molar-refractivity contribution in [3.63, 3.8) is 0 Å². The van der Waals surface area contributed by atoms with Crippen LogP contribution in [0.4, 0.5) is 5.00 Å². The quantitative estimate of drug-likeness (QED) is 0.845. The van der Waals surface area contributed by atoms with E-state index in [4.69, 9.17) is 10.5 Å². The Labute approximate surface area is 94.8 Å². The van der Waals surface area contributed by atoms with Crippen molar-refractivity contribution < 1.29 is 4.74 Å². The summed E-state index contributed by atoms with van der Waals surface area (Å²) in [6, 6.07) is 4.45. The molecule has 3 nitrogen and oxygen atoms in total. The van der Waals surface area contributed by atoms with Gasteiger partial charge >= 0.3 is 0 Å². The van der Waals surface area contributed by atoms with Gasteiger partial charge in [-0.2, -0.15) is 0 Å². The molecule has 1 aliphatic heterocycles. The summed E-state index contributed by atoms with van der Waals surface area (Å²) < 4.78 is 5.34. The Hall–Kier alpha value is -0.580. The number of thiophene rings is 1. The molecule has 1 aromatic rings. The van der Waals surface area contributed by atoms with Gasteiger partial charge in [0.1, 0.15) is 0 Å². The van der Waals surface area contributed by atoms with Gasteiger partial charge in [-0.15, -0.1) is 11.3 Å². The summed E-state index contributed by atoms with van der Waals surface area (Å²) in [7, 11) is 0. The summed E-state index contributed by atoms with van der Waals surface area (Å²) in [5.74, 6) is 0. The van der Waals surface area contributed by atoms with Crippen molar-refractivity contribution in [1.82, 2.24) is 0 Å². The van der Waals surface area contributed by atoms with E-state index < -0.39 is 0 Å². The van der Waals surface area contributed by atoms with Crippen LogP contribution in [0.5, 0.6) is 0 Å². The lowest BCUT2D eigenvalue weighted by Gasteiger charge is -2.27. The Morgan fingerprint density at radius 3 is 2.87 bits per heavy atom. The average molecular weight is 226 g/mol. The minimum absolute atomic E-state index is 0.783. The van der Waals surface area contributed by atoms with Crippen LogP contribution in [0.1, 0.15) is 11.3 Å². The fourth-order valence-electron chi connectivity index (χ4n) is 1.73. The predicted molar refractivity (Wildman–Crippen MR) is 64.7 cm³/mol. The second-order valence-corrected chi connectivity index (χ2v) is 4.88. The predicted octanol–water partition coefficient (Wildman–Crippen LogP) is 1.48. The van der Waals surface area contributed by atoms with Crippen LogP contribution in [0.15, 0.2) is 12.1 Å². The van der Waals surface area contributed by atoms with Gasteiger partial charge in [0.25, 0.3) is 0 Å². The normalized spacial score (nSPS) is 17.0. The van der Waals surface area contributed by atoms with E-state index in [0.29, 0.717) is 0 Å². The maximum Gasteiger partial charge on any atom is 0.0912 e. The van der Waals surface area contributed by atoms with E-state index in [-0.39, 0.29) is 0 Å². The standard InChI is InChI=1S/C11H18N2OS/c12-5-1-2-10-3-4-11(15-10)13-6-8-14-9-7-13/h3-4H,1-2,5-9,12H2. The minimum atomic E-state index is 0.783. The third-order valence-electron chi connectivity index (χ3n) is 2.60. The van der Waals surface area contributed by atoms with Crippen LogP contribution < -0.4 is 10.6 Å². The van der Waals surface area contributed by atoms with Crippen LogP contribution in [0.25, 0.3) is 0 Å². The van der Waals surface area contributed by atoms with E-state index >= 15 is 0 Å². The van der Waals surface area contributed by atoms with Crippen LogP contribution in [0.3, 0.4) is 0 Å². The largest absolute Gasteiger partial charge is 0.378 e. The molecule has 0 aliphatic carbocycles. The molecule has 1 aliphatic rings. The smallest absolute Gasteiger partial charge is 0.0912 e. The van der Waals surface area contributed by atoms with Gasteiger partial charge in [0.05, 0.1) is 18.2 Å². The Bertz CT molecular complexity index is 295. The summed E-state index contributed by atoms with van der Waals surface area (Å²) in [6.07, 6.45) is 2.20. The van der Waals surface area contributed by atoms with E-state index in [1.54, 1.807) is 0 Å². The number of ether oxygens (including phenoxy) is 1. The van der Waals surface area contributed by atoms with Crippen LogP contribution in [0.2, 0.25) is 0 Å². The van der Waals surface area contributed by atoms with Gasteiger partial charge in [-0.05, 0) is 31.5 Å². The van der Waals surface area contributed by atoms with Crippen molar-refractivity contribution in [1.29, 1.82) is 0 Å². The highest BCUT2D eigenvalue weighted by atomic mass is 32.1. The van der Waals surface area contributed by atoms with Crippen LogP contribution in [-0.2, 0) is 11.2 Å². The zero-order valence-corrected chi connectivity index (χ0v) is 9.76. The van der Waals surface area contributed by atoms with Crippen molar-refractivity contribution >= 4 is 16.3 Å². The molecule has 0 radical (unpaired) electrons. The number of nitrogens with zero attached hydrogens (tertiary/aromatic N) is 1. The monoisotopic (exact) mass is 226 g/mol. The lowest BCUT2D eigenvalue weighted by Crippen LogP contribution is -2.35. The maximum absolute atomic E-state index is 5.50. The fourth-order valence-corrected chi connectivity index (χ4v) is 2.83. The summed E-state index contributed by atoms with van der Waals surface area (Å²) in [5, 5.41) is 1.38. The Morgan fingerprint density at radius 1 is 1.33 bits per heavy atom. The molecular weight excluding hydrogens is 208 g/mol. The van der Waals surface area contributed by atoms with Crippen LogP contribution in [-0.4, -0.2) is 32.8 Å². The molecule has 4 heteroatoms. The zero-order valence-electron chi connectivity index (χ0n) is 8.95. The van der Waals surface area contributed by atoms with Crippen molar-refractivity contribution in [2.75, 3.05) is 37.7 Å². The third-order valence-corrected chi connectivity index (χ3v) is 3.80. The molecule has 0 amide bonds. The highest BCUT2D eigenvalue weighted by Crippen LogP contribution is 2.27. The van der Waals surface area contributed by atoms with Gasteiger partial charge in [-0.1, -0.05) is 0 Å². The lowest BCUT2D eigenvalue weighted by atomic mass is 10.3. The van der Waals surface area contributed by atoms with Crippen molar-refractivity contribution in [3.8, 4) is 0 Å². The van der Waals surface area contributed by atoms with E-state index in [1.807, 2.05) is 11.3 Å². The summed E-state index contributed by atoms with van der Waals surface area (Å²) in [6.45, 7) is 4.55. The molecule has 1 saturated heterocycles. The first-order chi connectivity index (χ1) is 7.40. The lowest BCUT2D eigenvalue weighted by molar-refractivity contribution is 0.123. The second kappa shape index (κ2) is 5.49. The molecule has 2 rings (SSSR count). The van der Waals surface area contributed by atoms with E-state index in [9.17, 15) is 0 Å². The number of nitrogens with two attached hydrogens (primary N) is 1. The molecule has 1 fully saturated rings. The second-order valence-electron chi connectivity index (χ2n) is 3.73. The van der Waals surface area contributed by atoms with Gasteiger partial charge in [-0.3, -0.25) is 0 Å². The van der Waals surface area contributed by atoms with Crippen molar-refractivity contribution in [2.24, 2.45) is 5.73 Å². The summed E-state index contributed by atoms with van der Waals surface area (Å²) in [4.78, 5) is 3.85. The number of hydrogen-bond donors (Lipinski definition) is 1. The number of aryl methyl sites for hydroxylation is 1. The Kier molecular flexibility index (Phi) is 4.00. The highest BCUT2D eigenvalue weighted by Gasteiger charge is 2.12. The summed E-state index contributed by atoms with van der Waals surface area (Å²) >= 11 is 1.89. The molecular formula is C11H18N2OS. The summed E-state index contributed by atoms with van der Waals surface area (Å²) in [5.41, 5.74) is 5.50. The Balaban J connectivity index is 1.93.